The van der Waals surface area contributed by atoms with Gasteiger partial charge < -0.3 is 9.47 Å². The number of hydroxylamine groups is 1. The molecule has 2 aromatic rings. The summed E-state index contributed by atoms with van der Waals surface area (Å²) in [5, 5.41) is 0. The van der Waals surface area contributed by atoms with Crippen molar-refractivity contribution in [2.45, 2.75) is 69.8 Å². The van der Waals surface area contributed by atoms with Crippen molar-refractivity contribution in [2.75, 3.05) is 6.61 Å². The molecule has 36 heavy (non-hydrogen) atoms. The average Bonchev–Trinajstić information content (AvgIpc) is 3.39. The molecule has 194 valence electrons. The molecule has 0 saturated heterocycles. The van der Waals surface area contributed by atoms with Gasteiger partial charge in [0.25, 0.3) is 5.91 Å². The van der Waals surface area contributed by atoms with E-state index in [1.807, 2.05) is 68.4 Å². The molecular formula is C28H36N2O5S. The van der Waals surface area contributed by atoms with E-state index in [-0.39, 0.29) is 18.0 Å². The predicted octanol–water partition coefficient (Wildman–Crippen LogP) is 5.59. The van der Waals surface area contributed by atoms with Crippen LogP contribution in [0.5, 0.6) is 0 Å². The van der Waals surface area contributed by atoms with Gasteiger partial charge in [-0.25, -0.2) is 19.8 Å². The first kappa shape index (κ1) is 27.9. The van der Waals surface area contributed by atoms with Gasteiger partial charge in [0.1, 0.15) is 12.1 Å². The van der Waals surface area contributed by atoms with E-state index in [9.17, 15) is 9.59 Å². The number of ether oxygens (including phenoxy) is 2. The minimum Gasteiger partial charge on any atom is -0.461 e. The molecule has 0 bridgehead atoms. The third-order valence-electron chi connectivity index (χ3n) is 5.52. The Morgan fingerprint density at radius 3 is 2.53 bits per heavy atom. The molecule has 3 rings (SSSR count). The van der Waals surface area contributed by atoms with E-state index in [4.69, 9.17) is 14.3 Å². The molecule has 1 aliphatic rings. The number of benzene rings is 2. The molecular weight excluding hydrogens is 476 g/mol. The summed E-state index contributed by atoms with van der Waals surface area (Å²) >= 11 is 1.35. The van der Waals surface area contributed by atoms with Gasteiger partial charge in [-0.3, -0.25) is 4.79 Å². The third kappa shape index (κ3) is 9.78. The van der Waals surface area contributed by atoms with Crippen molar-refractivity contribution in [1.82, 2.24) is 10.2 Å². The Morgan fingerprint density at radius 1 is 1.06 bits per heavy atom. The standard InChI is InChI=1S/C28H36N2O5S/c1-20(2)19-33-21(3)35-29-26(31)17-16-22-10-9-15-25(18-22)36-30-27(23-11-5-4-6-12-23)28(32)34-24-13-7-8-14-24/h4-6,9-12,15-18,20-21,24,27,30H,7-8,13-14,19H2,1-3H3,(H,29,31)/b17-16+/t21?,27-/m0/s1. The van der Waals surface area contributed by atoms with Crippen molar-refractivity contribution in [2.24, 2.45) is 5.92 Å². The maximum atomic E-state index is 13.0. The second kappa shape index (κ2) is 14.8. The lowest BCUT2D eigenvalue weighted by Gasteiger charge is -2.20. The Morgan fingerprint density at radius 2 is 1.81 bits per heavy atom. The fourth-order valence-corrected chi connectivity index (χ4v) is 4.48. The van der Waals surface area contributed by atoms with E-state index in [2.05, 4.69) is 10.2 Å². The van der Waals surface area contributed by atoms with Crippen molar-refractivity contribution in [3.63, 3.8) is 0 Å². The molecule has 2 N–H and O–H groups in total. The lowest BCUT2D eigenvalue weighted by Crippen LogP contribution is -2.29. The summed E-state index contributed by atoms with van der Waals surface area (Å²) < 4.78 is 14.5. The molecule has 1 fully saturated rings. The Bertz CT molecular complexity index is 992. The minimum atomic E-state index is -0.584. The predicted molar refractivity (Wildman–Crippen MR) is 141 cm³/mol. The van der Waals surface area contributed by atoms with Gasteiger partial charge in [-0.05, 0) is 79.8 Å². The van der Waals surface area contributed by atoms with E-state index in [0.29, 0.717) is 12.5 Å². The van der Waals surface area contributed by atoms with Crippen LogP contribution in [-0.4, -0.2) is 30.9 Å². The third-order valence-corrected chi connectivity index (χ3v) is 6.37. The number of esters is 1. The van der Waals surface area contributed by atoms with Gasteiger partial charge >= 0.3 is 5.97 Å². The second-order valence-electron chi connectivity index (χ2n) is 9.19. The van der Waals surface area contributed by atoms with Crippen molar-refractivity contribution in [1.29, 1.82) is 0 Å². The highest BCUT2D eigenvalue weighted by atomic mass is 32.2. The van der Waals surface area contributed by atoms with Gasteiger partial charge in [0.05, 0.1) is 6.61 Å². The maximum absolute atomic E-state index is 13.0. The molecule has 1 saturated carbocycles. The number of carbonyl (C=O) groups is 2. The molecule has 2 aromatic carbocycles. The summed E-state index contributed by atoms with van der Waals surface area (Å²) in [6, 6.07) is 16.7. The van der Waals surface area contributed by atoms with E-state index < -0.39 is 12.3 Å². The number of carbonyl (C=O) groups excluding carboxylic acids is 2. The number of hydrogen-bond acceptors (Lipinski definition) is 7. The van der Waals surface area contributed by atoms with Crippen LogP contribution in [0.3, 0.4) is 0 Å². The average molecular weight is 513 g/mol. The van der Waals surface area contributed by atoms with Crippen LogP contribution < -0.4 is 10.2 Å². The largest absolute Gasteiger partial charge is 0.461 e. The van der Waals surface area contributed by atoms with Gasteiger partial charge in [0, 0.05) is 11.0 Å². The summed E-state index contributed by atoms with van der Waals surface area (Å²) in [5.41, 5.74) is 4.06. The zero-order valence-electron chi connectivity index (χ0n) is 21.1. The first-order valence-electron chi connectivity index (χ1n) is 12.4. The van der Waals surface area contributed by atoms with Crippen LogP contribution in [0.25, 0.3) is 6.08 Å². The maximum Gasteiger partial charge on any atom is 0.328 e. The number of nitrogens with one attached hydrogen (secondary N) is 2. The highest BCUT2D eigenvalue weighted by Gasteiger charge is 2.27. The lowest BCUT2D eigenvalue weighted by atomic mass is 10.1. The Hall–Kier alpha value is -2.65. The topological polar surface area (TPSA) is 85.9 Å². The Labute approximate surface area is 218 Å². The van der Waals surface area contributed by atoms with Crippen molar-refractivity contribution < 1.29 is 23.9 Å². The number of amides is 1. The van der Waals surface area contributed by atoms with Crippen LogP contribution >= 0.6 is 11.9 Å². The monoisotopic (exact) mass is 512 g/mol. The van der Waals surface area contributed by atoms with Crippen molar-refractivity contribution in [3.05, 3.63) is 71.8 Å². The number of hydrogen-bond donors (Lipinski definition) is 2. The molecule has 1 amide bonds. The van der Waals surface area contributed by atoms with Crippen molar-refractivity contribution >= 4 is 29.9 Å². The molecule has 8 heteroatoms. The first-order valence-corrected chi connectivity index (χ1v) is 13.3. The van der Waals surface area contributed by atoms with Crippen LogP contribution in [0.4, 0.5) is 0 Å². The van der Waals surface area contributed by atoms with Gasteiger partial charge in [-0.1, -0.05) is 56.3 Å². The second-order valence-corrected chi connectivity index (χ2v) is 10.1. The van der Waals surface area contributed by atoms with Crippen molar-refractivity contribution in [3.8, 4) is 0 Å². The van der Waals surface area contributed by atoms with E-state index in [1.54, 1.807) is 13.0 Å². The molecule has 0 aliphatic heterocycles. The normalized spacial score (nSPS) is 15.8. The molecule has 1 unspecified atom stereocenters. The first-order chi connectivity index (χ1) is 17.4. The quantitative estimate of drug-likeness (QED) is 0.119. The highest BCUT2D eigenvalue weighted by Crippen LogP contribution is 2.27. The SMILES string of the molecule is CC(C)COC(C)ONC(=O)/C=C/c1cccc(SN[C@H](C(=O)OC2CCCC2)c2ccccc2)c1. The summed E-state index contributed by atoms with van der Waals surface area (Å²) in [6.45, 7) is 6.36. The van der Waals surface area contributed by atoms with E-state index in [0.717, 1.165) is 41.7 Å². The van der Waals surface area contributed by atoms with Gasteiger partial charge in [0.15, 0.2) is 6.29 Å². The van der Waals surface area contributed by atoms with Crippen LogP contribution in [0, 0.1) is 5.92 Å². The van der Waals surface area contributed by atoms with Gasteiger partial charge in [-0.2, -0.15) is 0 Å². The zero-order valence-corrected chi connectivity index (χ0v) is 22.0. The van der Waals surface area contributed by atoms with Crippen LogP contribution in [-0.2, 0) is 23.9 Å². The van der Waals surface area contributed by atoms with E-state index in [1.165, 1.54) is 18.0 Å². The number of rotatable bonds is 13. The molecule has 0 radical (unpaired) electrons. The zero-order chi connectivity index (χ0) is 25.8. The van der Waals surface area contributed by atoms with E-state index >= 15 is 0 Å². The molecule has 1 aliphatic carbocycles. The van der Waals surface area contributed by atoms with Gasteiger partial charge in [-0.15, -0.1) is 0 Å². The Kier molecular flexibility index (Phi) is 11.5. The fourth-order valence-electron chi connectivity index (χ4n) is 3.65. The van der Waals surface area contributed by atoms with Crippen LogP contribution in [0.2, 0.25) is 0 Å². The molecule has 7 nitrogen and oxygen atoms in total. The summed E-state index contributed by atoms with van der Waals surface area (Å²) in [5.74, 6) is -0.267. The smallest absolute Gasteiger partial charge is 0.328 e. The molecule has 2 atom stereocenters. The summed E-state index contributed by atoms with van der Waals surface area (Å²) in [7, 11) is 0. The Balaban J connectivity index is 1.55. The summed E-state index contributed by atoms with van der Waals surface area (Å²) in [4.78, 5) is 31.2. The van der Waals surface area contributed by atoms with Crippen LogP contribution in [0.1, 0.15) is 63.6 Å². The molecule has 0 heterocycles. The van der Waals surface area contributed by atoms with Gasteiger partial charge in [0.2, 0.25) is 0 Å². The summed E-state index contributed by atoms with van der Waals surface area (Å²) in [6.07, 6.45) is 6.63. The molecule has 0 spiro atoms. The fraction of sp³-hybridized carbons (Fsp3) is 0.429. The molecule has 0 aromatic heterocycles. The minimum absolute atomic E-state index is 0.00357. The lowest BCUT2D eigenvalue weighted by molar-refractivity contribution is -0.180. The highest BCUT2D eigenvalue weighted by molar-refractivity contribution is 7.97. The van der Waals surface area contributed by atoms with Crippen LogP contribution in [0.15, 0.2) is 65.6 Å².